The van der Waals surface area contributed by atoms with Crippen LogP contribution in [0.15, 0.2) is 91.0 Å². The van der Waals surface area contributed by atoms with Gasteiger partial charge in [0.05, 0.1) is 12.8 Å². The van der Waals surface area contributed by atoms with Gasteiger partial charge in [-0.25, -0.2) is 0 Å². The van der Waals surface area contributed by atoms with Crippen molar-refractivity contribution in [1.82, 2.24) is 5.32 Å². The lowest BCUT2D eigenvalue weighted by Crippen LogP contribution is -2.34. The molecule has 0 aliphatic carbocycles. The van der Waals surface area contributed by atoms with Gasteiger partial charge in [-0.3, -0.25) is 10.1 Å². The fraction of sp³-hybridized carbons (Fsp3) is 0.179. The number of hydrogen-bond acceptors (Lipinski definition) is 3. The Bertz CT molecular complexity index is 1220. The second-order valence-electron chi connectivity index (χ2n) is 8.03. The molecule has 0 saturated heterocycles. The van der Waals surface area contributed by atoms with Crippen LogP contribution in [0.1, 0.15) is 35.7 Å². The van der Waals surface area contributed by atoms with Gasteiger partial charge >= 0.3 is 0 Å². The minimum absolute atomic E-state index is 0.0324. The lowest BCUT2D eigenvalue weighted by molar-refractivity contribution is -0.118. The lowest BCUT2D eigenvalue weighted by Gasteiger charge is -2.24. The number of rotatable bonds is 7. The highest BCUT2D eigenvalue weighted by molar-refractivity contribution is 5.97. The van der Waals surface area contributed by atoms with Crippen LogP contribution in [0.3, 0.4) is 0 Å². The summed E-state index contributed by atoms with van der Waals surface area (Å²) in [6, 6.07) is 29.7. The number of nitrogens with one attached hydrogen (secondary N) is 2. The summed E-state index contributed by atoms with van der Waals surface area (Å²) >= 11 is 0. The molecule has 4 heteroatoms. The van der Waals surface area contributed by atoms with E-state index in [0.29, 0.717) is 11.4 Å². The molecule has 0 heterocycles. The minimum atomic E-state index is -0.525. The van der Waals surface area contributed by atoms with Crippen molar-refractivity contribution in [3.05, 3.63) is 108 Å². The first kappa shape index (κ1) is 21.6. The number of benzene rings is 4. The molecule has 4 rings (SSSR count). The molecule has 0 spiro atoms. The van der Waals surface area contributed by atoms with Gasteiger partial charge in [-0.15, -0.1) is 0 Å². The van der Waals surface area contributed by atoms with Gasteiger partial charge in [-0.1, -0.05) is 72.8 Å². The first-order valence-corrected chi connectivity index (χ1v) is 10.8. The highest BCUT2D eigenvalue weighted by Crippen LogP contribution is 2.28. The molecular formula is C28H28N2O2. The Hall–Kier alpha value is -3.63. The zero-order valence-corrected chi connectivity index (χ0v) is 18.6. The van der Waals surface area contributed by atoms with Gasteiger partial charge < -0.3 is 10.1 Å². The van der Waals surface area contributed by atoms with Crippen LogP contribution in [-0.4, -0.2) is 13.0 Å². The number of ether oxygens (including phenoxy) is 1. The highest BCUT2D eigenvalue weighted by Gasteiger charge is 2.24. The molecule has 0 unspecified atom stereocenters. The molecule has 4 aromatic carbocycles. The molecule has 0 aliphatic heterocycles. The second kappa shape index (κ2) is 9.67. The second-order valence-corrected chi connectivity index (χ2v) is 8.03. The van der Waals surface area contributed by atoms with E-state index in [1.54, 1.807) is 7.11 Å². The minimum Gasteiger partial charge on any atom is -0.495 e. The maximum absolute atomic E-state index is 13.4. The summed E-state index contributed by atoms with van der Waals surface area (Å²) in [7, 11) is 1.61. The Morgan fingerprint density at radius 2 is 1.53 bits per heavy atom. The zero-order chi connectivity index (χ0) is 22.5. The molecule has 0 fully saturated rings. The van der Waals surface area contributed by atoms with Crippen LogP contribution < -0.4 is 15.4 Å². The van der Waals surface area contributed by atoms with Gasteiger partial charge in [0.1, 0.15) is 11.8 Å². The predicted octanol–water partition coefficient (Wildman–Crippen LogP) is 6.19. The molecule has 0 aliphatic rings. The van der Waals surface area contributed by atoms with E-state index in [4.69, 9.17) is 4.74 Å². The van der Waals surface area contributed by atoms with Gasteiger partial charge in [-0.05, 0) is 59.5 Å². The third kappa shape index (κ3) is 4.82. The zero-order valence-electron chi connectivity index (χ0n) is 18.6. The van der Waals surface area contributed by atoms with Crippen molar-refractivity contribution in [2.24, 2.45) is 0 Å². The van der Waals surface area contributed by atoms with E-state index in [-0.39, 0.29) is 11.9 Å². The van der Waals surface area contributed by atoms with E-state index in [9.17, 15) is 4.79 Å². The lowest BCUT2D eigenvalue weighted by atomic mass is 10.00. The Kier molecular flexibility index (Phi) is 6.52. The number of methoxy groups -OCH3 is 1. The normalized spacial score (nSPS) is 12.8. The number of carbonyl (C=O) groups is 1. The van der Waals surface area contributed by atoms with Crippen molar-refractivity contribution < 1.29 is 9.53 Å². The van der Waals surface area contributed by atoms with Gasteiger partial charge in [0, 0.05) is 6.04 Å². The molecule has 0 bridgehead atoms. The van der Waals surface area contributed by atoms with Crippen LogP contribution >= 0.6 is 0 Å². The van der Waals surface area contributed by atoms with Crippen molar-refractivity contribution in [2.75, 3.05) is 12.4 Å². The predicted molar refractivity (Wildman–Crippen MR) is 131 cm³/mol. The number of carbonyl (C=O) groups excluding carboxylic acids is 1. The molecular weight excluding hydrogens is 396 g/mol. The van der Waals surface area contributed by atoms with Crippen molar-refractivity contribution in [3.63, 3.8) is 0 Å². The van der Waals surface area contributed by atoms with E-state index in [1.807, 2.05) is 67.6 Å². The van der Waals surface area contributed by atoms with E-state index >= 15 is 0 Å². The third-order valence-electron chi connectivity index (χ3n) is 5.70. The molecule has 2 atom stereocenters. The average molecular weight is 425 g/mol. The van der Waals surface area contributed by atoms with Crippen LogP contribution in [0.2, 0.25) is 0 Å². The Morgan fingerprint density at radius 1 is 0.812 bits per heavy atom. The monoisotopic (exact) mass is 424 g/mol. The van der Waals surface area contributed by atoms with Crippen LogP contribution in [0.5, 0.6) is 5.75 Å². The van der Waals surface area contributed by atoms with Crippen molar-refractivity contribution in [1.29, 1.82) is 0 Å². The summed E-state index contributed by atoms with van der Waals surface area (Å²) in [4.78, 5) is 13.4. The fourth-order valence-corrected chi connectivity index (χ4v) is 3.92. The first-order chi connectivity index (χ1) is 15.5. The summed E-state index contributed by atoms with van der Waals surface area (Å²) in [6.45, 7) is 4.07. The number of aryl methyl sites for hydroxylation is 1. The maximum atomic E-state index is 13.4. The van der Waals surface area contributed by atoms with Crippen LogP contribution in [0.25, 0.3) is 10.8 Å². The van der Waals surface area contributed by atoms with Crippen molar-refractivity contribution in [3.8, 4) is 5.75 Å². The van der Waals surface area contributed by atoms with Gasteiger partial charge in [0.15, 0.2) is 0 Å². The van der Waals surface area contributed by atoms with Gasteiger partial charge in [0.2, 0.25) is 5.91 Å². The van der Waals surface area contributed by atoms with Crippen LogP contribution in [0, 0.1) is 6.92 Å². The maximum Gasteiger partial charge on any atom is 0.246 e. The van der Waals surface area contributed by atoms with Crippen LogP contribution in [0.4, 0.5) is 5.69 Å². The Morgan fingerprint density at radius 3 is 2.28 bits per heavy atom. The standard InChI is InChI=1S/C28H28N2O2/c1-19-13-16-26(32-3)25(17-19)30-28(31)27(22-10-5-4-6-11-22)29-20(2)23-15-14-21-9-7-8-12-24(21)18-23/h4-18,20,27,29H,1-3H3,(H,30,31)/t20-,27+/m0/s1. The number of amides is 1. The molecule has 32 heavy (non-hydrogen) atoms. The number of fused-ring (bicyclic) bond motifs is 1. The molecule has 0 radical (unpaired) electrons. The van der Waals surface area contributed by atoms with Crippen LogP contribution in [-0.2, 0) is 4.79 Å². The largest absolute Gasteiger partial charge is 0.495 e. The Balaban J connectivity index is 1.62. The summed E-state index contributed by atoms with van der Waals surface area (Å²) in [5.74, 6) is 0.506. The highest BCUT2D eigenvalue weighted by atomic mass is 16.5. The molecule has 4 nitrogen and oxygen atoms in total. The number of hydrogen-bond donors (Lipinski definition) is 2. The van der Waals surface area contributed by atoms with E-state index < -0.39 is 6.04 Å². The quantitative estimate of drug-likeness (QED) is 0.372. The molecule has 2 N–H and O–H groups in total. The first-order valence-electron chi connectivity index (χ1n) is 10.8. The molecule has 4 aromatic rings. The fourth-order valence-electron chi connectivity index (χ4n) is 3.92. The van der Waals surface area contributed by atoms with Gasteiger partial charge in [-0.2, -0.15) is 0 Å². The summed E-state index contributed by atoms with van der Waals surface area (Å²) < 4.78 is 5.44. The summed E-state index contributed by atoms with van der Waals surface area (Å²) in [5, 5.41) is 8.98. The Labute approximate surface area is 189 Å². The number of anilines is 1. The molecule has 0 saturated carbocycles. The summed E-state index contributed by atoms with van der Waals surface area (Å²) in [6.07, 6.45) is 0. The van der Waals surface area contributed by atoms with E-state index in [0.717, 1.165) is 16.7 Å². The molecule has 1 amide bonds. The topological polar surface area (TPSA) is 50.4 Å². The van der Waals surface area contributed by atoms with Gasteiger partial charge in [0.25, 0.3) is 0 Å². The smallest absolute Gasteiger partial charge is 0.246 e. The van der Waals surface area contributed by atoms with E-state index in [2.05, 4.69) is 47.9 Å². The third-order valence-corrected chi connectivity index (χ3v) is 5.70. The van der Waals surface area contributed by atoms with Crippen molar-refractivity contribution in [2.45, 2.75) is 25.9 Å². The molecule has 162 valence electrons. The SMILES string of the molecule is COc1ccc(C)cc1NC(=O)[C@H](N[C@@H](C)c1ccc2ccccc2c1)c1ccccc1. The van der Waals surface area contributed by atoms with E-state index in [1.165, 1.54) is 10.8 Å². The van der Waals surface area contributed by atoms with Crippen molar-refractivity contribution >= 4 is 22.4 Å². The molecule has 0 aromatic heterocycles. The average Bonchev–Trinajstić information content (AvgIpc) is 2.82. The summed E-state index contributed by atoms with van der Waals surface area (Å²) in [5.41, 5.74) is 3.75.